The van der Waals surface area contributed by atoms with Crippen LogP contribution in [0.1, 0.15) is 40.7 Å². The number of aromatic nitrogens is 1. The second-order valence-electron chi connectivity index (χ2n) is 8.33. The molecule has 170 valence electrons. The van der Waals surface area contributed by atoms with Crippen LogP contribution in [-0.2, 0) is 22.7 Å². The monoisotopic (exact) mass is 517 g/mol. The maximum atomic E-state index is 12.9. The summed E-state index contributed by atoms with van der Waals surface area (Å²) in [5, 5.41) is 3.85. The van der Waals surface area contributed by atoms with Gasteiger partial charge in [-0.05, 0) is 53.8 Å². The van der Waals surface area contributed by atoms with Crippen LogP contribution in [0.25, 0.3) is 10.8 Å². The number of nitrogens with zero attached hydrogens (tertiary/aromatic N) is 2. The fourth-order valence-corrected chi connectivity index (χ4v) is 4.85. The molecule has 7 nitrogen and oxygen atoms in total. The lowest BCUT2D eigenvalue weighted by Gasteiger charge is -2.29. The molecule has 0 spiro atoms. The van der Waals surface area contributed by atoms with Gasteiger partial charge in [0.15, 0.2) is 0 Å². The molecule has 8 heteroatoms. The highest BCUT2D eigenvalue weighted by molar-refractivity contribution is 9.10. The van der Waals surface area contributed by atoms with Crippen molar-refractivity contribution in [2.75, 3.05) is 0 Å². The minimum absolute atomic E-state index is 0.0575. The number of piperidine rings is 1. The van der Waals surface area contributed by atoms with Gasteiger partial charge in [0, 0.05) is 53.1 Å². The third kappa shape index (κ3) is 4.03. The van der Waals surface area contributed by atoms with Crippen molar-refractivity contribution in [3.05, 3.63) is 80.2 Å². The number of benzene rings is 2. The summed E-state index contributed by atoms with van der Waals surface area (Å²) in [6.45, 7) is 0.735. The van der Waals surface area contributed by atoms with E-state index in [0.29, 0.717) is 30.3 Å². The van der Waals surface area contributed by atoms with Crippen LogP contribution in [0.5, 0.6) is 0 Å². The van der Waals surface area contributed by atoms with Crippen LogP contribution in [0, 0.1) is 11.8 Å². The van der Waals surface area contributed by atoms with Crippen LogP contribution in [0.4, 0.5) is 0 Å². The molecule has 1 aromatic heterocycles. The summed E-state index contributed by atoms with van der Waals surface area (Å²) in [5.41, 5.74) is 2.00. The Balaban J connectivity index is 1.32. The molecule has 2 aromatic carbocycles. The Bertz CT molecular complexity index is 1480. The highest BCUT2D eigenvalue weighted by Gasteiger charge is 2.39. The Morgan fingerprint density at radius 2 is 1.94 bits per heavy atom. The van der Waals surface area contributed by atoms with Crippen LogP contribution in [0.2, 0.25) is 0 Å². The Labute approximate surface area is 203 Å². The lowest BCUT2D eigenvalue weighted by molar-refractivity contribution is -0.136. The Morgan fingerprint density at radius 1 is 1.09 bits per heavy atom. The quantitative estimate of drug-likeness (QED) is 0.427. The van der Waals surface area contributed by atoms with Gasteiger partial charge in [-0.15, -0.1) is 0 Å². The third-order valence-corrected chi connectivity index (χ3v) is 6.72. The Kier molecular flexibility index (Phi) is 5.80. The normalized spacial score (nSPS) is 17.4. The molecule has 0 bridgehead atoms. The average Bonchev–Trinajstić information content (AvgIpc) is 3.15. The van der Waals surface area contributed by atoms with E-state index >= 15 is 0 Å². The second kappa shape index (κ2) is 8.92. The number of hydrogen-bond acceptors (Lipinski definition) is 4. The van der Waals surface area contributed by atoms with Crippen molar-refractivity contribution in [3.8, 4) is 11.8 Å². The SMILES string of the molecule is O=C1CCC(N2Cc3c(C#CCCn4ccc5cc(Br)ccc5c4=O)cccc3C2=O)C(=O)N1. The molecule has 2 aliphatic heterocycles. The maximum absolute atomic E-state index is 12.9. The summed E-state index contributed by atoms with van der Waals surface area (Å²) >= 11 is 3.42. The van der Waals surface area contributed by atoms with E-state index in [1.807, 2.05) is 30.3 Å². The fraction of sp³-hybridized carbons (Fsp3) is 0.231. The van der Waals surface area contributed by atoms with Crippen LogP contribution in [0.15, 0.2) is 57.9 Å². The van der Waals surface area contributed by atoms with Crippen LogP contribution < -0.4 is 10.9 Å². The molecule has 0 saturated carbocycles. The van der Waals surface area contributed by atoms with Crippen LogP contribution in [0.3, 0.4) is 0 Å². The van der Waals surface area contributed by atoms with E-state index in [1.54, 1.807) is 22.9 Å². The van der Waals surface area contributed by atoms with Gasteiger partial charge in [0.2, 0.25) is 11.8 Å². The molecule has 34 heavy (non-hydrogen) atoms. The van der Waals surface area contributed by atoms with E-state index in [4.69, 9.17) is 0 Å². The molecule has 3 aromatic rings. The number of fused-ring (bicyclic) bond motifs is 2. The standard InChI is InChI=1S/C26H20BrN3O4/c27-18-7-8-19-17(14-18)11-13-29(25(19)33)12-2-1-4-16-5-3-6-20-21(16)15-30(26(20)34)22-9-10-23(31)28-24(22)32/h3,5-8,11,13-14,22H,2,9-10,12,15H2,(H,28,31,32). The van der Waals surface area contributed by atoms with E-state index in [-0.39, 0.29) is 30.3 Å². The van der Waals surface area contributed by atoms with Gasteiger partial charge in [0.05, 0.1) is 0 Å². The largest absolute Gasteiger partial charge is 0.322 e. The van der Waals surface area contributed by atoms with Crippen molar-refractivity contribution in [2.24, 2.45) is 0 Å². The molecule has 1 fully saturated rings. The molecule has 1 unspecified atom stereocenters. The number of carbonyl (C=O) groups is 3. The molecule has 5 rings (SSSR count). The zero-order valence-corrected chi connectivity index (χ0v) is 19.7. The Morgan fingerprint density at radius 3 is 2.76 bits per heavy atom. The molecule has 3 amide bonds. The molecule has 3 heterocycles. The van der Waals surface area contributed by atoms with Crippen molar-refractivity contribution in [2.45, 2.75) is 38.4 Å². The summed E-state index contributed by atoms with van der Waals surface area (Å²) in [6, 6.07) is 12.2. The highest BCUT2D eigenvalue weighted by Crippen LogP contribution is 2.29. The molecule has 1 atom stereocenters. The van der Waals surface area contributed by atoms with Gasteiger partial charge in [-0.1, -0.05) is 33.8 Å². The average molecular weight is 518 g/mol. The Hall–Kier alpha value is -3.70. The highest BCUT2D eigenvalue weighted by atomic mass is 79.9. The van der Waals surface area contributed by atoms with Crippen LogP contribution in [-0.4, -0.2) is 33.2 Å². The lowest BCUT2D eigenvalue weighted by Crippen LogP contribution is -2.52. The van der Waals surface area contributed by atoms with Crippen molar-refractivity contribution >= 4 is 44.4 Å². The minimum atomic E-state index is -0.654. The molecule has 0 aliphatic carbocycles. The number of aryl methyl sites for hydroxylation is 1. The number of pyridine rings is 1. The van der Waals surface area contributed by atoms with Gasteiger partial charge >= 0.3 is 0 Å². The number of rotatable bonds is 3. The van der Waals surface area contributed by atoms with Crippen LogP contribution >= 0.6 is 15.9 Å². The zero-order chi connectivity index (χ0) is 23.8. The molecular formula is C26H20BrN3O4. The summed E-state index contributed by atoms with van der Waals surface area (Å²) < 4.78 is 2.57. The fourth-order valence-electron chi connectivity index (χ4n) is 4.47. The number of amides is 3. The first-order valence-corrected chi connectivity index (χ1v) is 11.8. The first-order chi connectivity index (χ1) is 16.4. The first kappa shape index (κ1) is 22.1. The first-order valence-electron chi connectivity index (χ1n) is 11.0. The number of imide groups is 1. The topological polar surface area (TPSA) is 88.5 Å². The van der Waals surface area contributed by atoms with E-state index < -0.39 is 11.9 Å². The van der Waals surface area contributed by atoms with E-state index in [0.717, 1.165) is 21.0 Å². The summed E-state index contributed by atoms with van der Waals surface area (Å²) in [7, 11) is 0. The van der Waals surface area contributed by atoms with Gasteiger partial charge in [0.1, 0.15) is 6.04 Å². The van der Waals surface area contributed by atoms with E-state index in [2.05, 4.69) is 33.1 Å². The van der Waals surface area contributed by atoms with Gasteiger partial charge in [-0.2, -0.15) is 0 Å². The van der Waals surface area contributed by atoms with Crippen molar-refractivity contribution in [1.82, 2.24) is 14.8 Å². The van der Waals surface area contributed by atoms with Crippen molar-refractivity contribution < 1.29 is 14.4 Å². The maximum Gasteiger partial charge on any atom is 0.258 e. The van der Waals surface area contributed by atoms with Gasteiger partial charge < -0.3 is 9.47 Å². The molecule has 2 aliphatic rings. The molecule has 1 N–H and O–H groups in total. The smallest absolute Gasteiger partial charge is 0.258 e. The number of carbonyl (C=O) groups excluding carboxylic acids is 3. The predicted molar refractivity (Wildman–Crippen MR) is 130 cm³/mol. The number of nitrogens with one attached hydrogen (secondary N) is 1. The second-order valence-corrected chi connectivity index (χ2v) is 9.24. The lowest BCUT2D eigenvalue weighted by atomic mass is 10.0. The van der Waals surface area contributed by atoms with E-state index in [1.165, 1.54) is 4.90 Å². The predicted octanol–water partition coefficient (Wildman–Crippen LogP) is 2.97. The summed E-state index contributed by atoms with van der Waals surface area (Å²) in [5.74, 6) is 5.29. The molecule has 1 saturated heterocycles. The molecule has 0 radical (unpaired) electrons. The van der Waals surface area contributed by atoms with Gasteiger partial charge in [-0.3, -0.25) is 24.5 Å². The van der Waals surface area contributed by atoms with Crippen molar-refractivity contribution in [3.63, 3.8) is 0 Å². The zero-order valence-electron chi connectivity index (χ0n) is 18.1. The number of hydrogen-bond donors (Lipinski definition) is 1. The number of halogens is 1. The minimum Gasteiger partial charge on any atom is -0.322 e. The van der Waals surface area contributed by atoms with Crippen molar-refractivity contribution in [1.29, 1.82) is 0 Å². The van der Waals surface area contributed by atoms with Gasteiger partial charge in [0.25, 0.3) is 11.5 Å². The van der Waals surface area contributed by atoms with Gasteiger partial charge in [-0.25, -0.2) is 0 Å². The summed E-state index contributed by atoms with van der Waals surface area (Å²) in [6.07, 6.45) is 2.78. The molecular weight excluding hydrogens is 498 g/mol. The van der Waals surface area contributed by atoms with E-state index in [9.17, 15) is 19.2 Å². The third-order valence-electron chi connectivity index (χ3n) is 6.22. The summed E-state index contributed by atoms with van der Waals surface area (Å²) in [4.78, 5) is 50.9.